The lowest BCUT2D eigenvalue weighted by molar-refractivity contribution is 0.0196. The number of hydrogen-bond acceptors (Lipinski definition) is 9. The number of H-pyrrole nitrogens is 1. The van der Waals surface area contributed by atoms with Gasteiger partial charge >= 0.3 is 6.09 Å². The summed E-state index contributed by atoms with van der Waals surface area (Å²) in [5.41, 5.74) is 0.108. The van der Waals surface area contributed by atoms with Crippen molar-refractivity contribution in [2.75, 3.05) is 46.1 Å². The molecule has 6 rings (SSSR count). The molecule has 1 fully saturated rings. The molecule has 1 amide bonds. The van der Waals surface area contributed by atoms with Crippen LogP contribution in [0.2, 0.25) is 0 Å². The number of amides is 1. The van der Waals surface area contributed by atoms with E-state index in [0.29, 0.717) is 85.7 Å². The number of likely N-dealkylation sites (tertiary alicyclic amines) is 1. The molecule has 43 heavy (non-hydrogen) atoms. The molecule has 5 heterocycles. The van der Waals surface area contributed by atoms with Gasteiger partial charge in [0.05, 0.1) is 23.0 Å². The molecule has 2 aromatic heterocycles. The molecule has 0 saturated carbocycles. The number of aromatic nitrogens is 2. The number of rotatable bonds is 6. The van der Waals surface area contributed by atoms with Crippen molar-refractivity contribution in [1.82, 2.24) is 19.8 Å². The van der Waals surface area contributed by atoms with Gasteiger partial charge in [-0.15, -0.1) is 0 Å². The fraction of sp³-hybridized carbons (Fsp3) is 0.516. The number of halogens is 1. The topological polar surface area (TPSA) is 115 Å². The first-order chi connectivity index (χ1) is 20.7. The molecule has 1 saturated heterocycles. The minimum atomic E-state index is -0.528. The van der Waals surface area contributed by atoms with Crippen LogP contribution in [0.4, 0.5) is 9.18 Å². The Morgan fingerprint density at radius 3 is 2.51 bits per heavy atom. The van der Waals surface area contributed by atoms with Gasteiger partial charge < -0.3 is 38.5 Å². The number of pyridine rings is 2. The van der Waals surface area contributed by atoms with E-state index in [9.17, 15) is 9.59 Å². The molecule has 1 aromatic carbocycles. The summed E-state index contributed by atoms with van der Waals surface area (Å²) < 4.78 is 43.5. The summed E-state index contributed by atoms with van der Waals surface area (Å²) in [4.78, 5) is 37.4. The normalized spacial score (nSPS) is 17.1. The van der Waals surface area contributed by atoms with Crippen LogP contribution in [-0.4, -0.2) is 83.5 Å². The molecule has 0 unspecified atom stereocenters. The predicted molar refractivity (Wildman–Crippen MR) is 156 cm³/mol. The van der Waals surface area contributed by atoms with Crippen LogP contribution in [0.5, 0.6) is 23.0 Å². The van der Waals surface area contributed by atoms with Crippen molar-refractivity contribution in [1.29, 1.82) is 0 Å². The Morgan fingerprint density at radius 1 is 1.07 bits per heavy atom. The van der Waals surface area contributed by atoms with Crippen molar-refractivity contribution in [2.24, 2.45) is 0 Å². The van der Waals surface area contributed by atoms with Crippen molar-refractivity contribution >= 4 is 17.0 Å². The molecule has 0 atom stereocenters. The molecule has 11 nitrogen and oxygen atoms in total. The Kier molecular flexibility index (Phi) is 8.04. The van der Waals surface area contributed by atoms with Gasteiger partial charge in [-0.1, -0.05) is 0 Å². The Bertz CT molecular complexity index is 1560. The predicted octanol–water partition coefficient (Wildman–Crippen LogP) is 4.05. The smallest absolute Gasteiger partial charge is 0.410 e. The van der Waals surface area contributed by atoms with E-state index < -0.39 is 23.0 Å². The highest BCUT2D eigenvalue weighted by molar-refractivity contribution is 5.88. The lowest BCUT2D eigenvalue weighted by Crippen LogP contribution is -2.55. The average Bonchev–Trinajstić information content (AvgIpc) is 3.00. The second-order valence-corrected chi connectivity index (χ2v) is 12.0. The van der Waals surface area contributed by atoms with Gasteiger partial charge in [-0.05, 0) is 52.2 Å². The second-order valence-electron chi connectivity index (χ2n) is 12.0. The largest absolute Gasteiger partial charge is 0.486 e. The Hall–Kier alpha value is -4.06. The van der Waals surface area contributed by atoms with Crippen LogP contribution < -0.4 is 24.5 Å². The van der Waals surface area contributed by atoms with E-state index in [1.54, 1.807) is 24.4 Å². The number of nitrogens with one attached hydrogen (secondary N) is 1. The molecular formula is C31H37FN4O7. The molecule has 1 N–H and O–H groups in total. The van der Waals surface area contributed by atoms with Gasteiger partial charge in [-0.2, -0.15) is 0 Å². The molecule has 0 spiro atoms. The molecule has 230 valence electrons. The maximum Gasteiger partial charge on any atom is 0.410 e. The van der Waals surface area contributed by atoms with Crippen LogP contribution >= 0.6 is 0 Å². The fourth-order valence-electron chi connectivity index (χ4n) is 6.01. The van der Waals surface area contributed by atoms with Crippen LogP contribution in [0, 0.1) is 5.82 Å². The van der Waals surface area contributed by atoms with E-state index in [1.807, 2.05) is 25.7 Å². The van der Waals surface area contributed by atoms with Crippen LogP contribution in [0.15, 0.2) is 29.2 Å². The van der Waals surface area contributed by atoms with E-state index in [-0.39, 0.29) is 24.6 Å². The van der Waals surface area contributed by atoms with Crippen LogP contribution in [0.25, 0.3) is 10.9 Å². The summed E-state index contributed by atoms with van der Waals surface area (Å²) in [6, 6.07) is 5.01. The third-order valence-corrected chi connectivity index (χ3v) is 8.07. The SMILES string of the molecule is CC(C)(C)N(C(=O)OCc1cc2c(cn1)OCCO2)C1CCN(CCc2c(F)c3ccc4c(c3[nH]c2=O)OCCO4)CC1. The van der Waals surface area contributed by atoms with Gasteiger partial charge in [-0.3, -0.25) is 9.78 Å². The number of piperidine rings is 1. The lowest BCUT2D eigenvalue weighted by atomic mass is 9.96. The number of carbonyl (C=O) groups is 1. The maximum absolute atomic E-state index is 15.5. The zero-order chi connectivity index (χ0) is 30.1. The molecule has 0 radical (unpaired) electrons. The van der Waals surface area contributed by atoms with Crippen molar-refractivity contribution in [3.05, 3.63) is 51.8 Å². The number of fused-ring (bicyclic) bond motifs is 4. The molecular weight excluding hydrogens is 559 g/mol. The van der Waals surface area contributed by atoms with E-state index in [4.69, 9.17) is 23.7 Å². The van der Waals surface area contributed by atoms with E-state index in [0.717, 1.165) is 12.8 Å². The van der Waals surface area contributed by atoms with Crippen molar-refractivity contribution in [3.8, 4) is 23.0 Å². The third kappa shape index (κ3) is 6.06. The Morgan fingerprint density at radius 2 is 1.77 bits per heavy atom. The zero-order valence-electron chi connectivity index (χ0n) is 24.7. The highest BCUT2D eigenvalue weighted by Crippen LogP contribution is 2.37. The van der Waals surface area contributed by atoms with Crippen LogP contribution in [0.3, 0.4) is 0 Å². The lowest BCUT2D eigenvalue weighted by Gasteiger charge is -2.44. The van der Waals surface area contributed by atoms with Gasteiger partial charge in [0.25, 0.3) is 5.56 Å². The molecule has 0 aliphatic carbocycles. The van der Waals surface area contributed by atoms with Crippen molar-refractivity contribution < 1.29 is 32.9 Å². The summed E-state index contributed by atoms with van der Waals surface area (Å²) in [5, 5.41) is 0.309. The molecule has 0 bridgehead atoms. The standard InChI is InChI=1S/C31H37FN4O7/c1-31(2,3)36(30(38)43-18-19-16-24-25(17-33-19)41-13-12-40-24)20-6-9-35(10-7-20)11-8-22-26(32)21-4-5-23-28(42-15-14-39-23)27(21)34-29(22)37/h4-5,16-17,20H,6-15,18H2,1-3H3,(H,34,37). The molecule has 3 aliphatic heterocycles. The molecule has 3 aromatic rings. The molecule has 12 heteroatoms. The first-order valence-electron chi connectivity index (χ1n) is 14.7. The first-order valence-corrected chi connectivity index (χ1v) is 14.7. The average molecular weight is 597 g/mol. The summed E-state index contributed by atoms with van der Waals surface area (Å²) >= 11 is 0. The highest BCUT2D eigenvalue weighted by atomic mass is 19.1. The summed E-state index contributed by atoms with van der Waals surface area (Å²) in [6.07, 6.45) is 2.92. The number of ether oxygens (including phenoxy) is 5. The van der Waals surface area contributed by atoms with Gasteiger partial charge in [0, 0.05) is 42.7 Å². The van der Waals surface area contributed by atoms with E-state index in [2.05, 4.69) is 14.9 Å². The van der Waals surface area contributed by atoms with E-state index in [1.165, 1.54) is 0 Å². The summed E-state index contributed by atoms with van der Waals surface area (Å²) in [6.45, 7) is 9.64. The number of aromatic amines is 1. The minimum absolute atomic E-state index is 0.0221. The highest BCUT2D eigenvalue weighted by Gasteiger charge is 2.36. The van der Waals surface area contributed by atoms with Gasteiger partial charge in [0.2, 0.25) is 0 Å². The number of nitrogens with zero attached hydrogens (tertiary/aromatic N) is 3. The third-order valence-electron chi connectivity index (χ3n) is 8.07. The van der Waals surface area contributed by atoms with Gasteiger partial charge in [0.15, 0.2) is 23.0 Å². The second kappa shape index (κ2) is 11.9. The maximum atomic E-state index is 15.5. The van der Waals surface area contributed by atoms with E-state index >= 15 is 4.39 Å². The Balaban J connectivity index is 1.06. The zero-order valence-corrected chi connectivity index (χ0v) is 24.7. The summed E-state index contributed by atoms with van der Waals surface area (Å²) in [7, 11) is 0. The van der Waals surface area contributed by atoms with Crippen LogP contribution in [0.1, 0.15) is 44.9 Å². The first kappa shape index (κ1) is 29.0. The molecule has 3 aliphatic rings. The monoisotopic (exact) mass is 596 g/mol. The summed E-state index contributed by atoms with van der Waals surface area (Å²) in [5.74, 6) is 1.52. The van der Waals surface area contributed by atoms with Gasteiger partial charge in [-0.25, -0.2) is 9.18 Å². The van der Waals surface area contributed by atoms with Crippen molar-refractivity contribution in [2.45, 2.75) is 58.2 Å². The quantitative estimate of drug-likeness (QED) is 0.450. The fourth-order valence-corrected chi connectivity index (χ4v) is 6.01. The van der Waals surface area contributed by atoms with Crippen LogP contribution in [-0.2, 0) is 17.8 Å². The Labute approximate surface area is 248 Å². The van der Waals surface area contributed by atoms with Gasteiger partial charge in [0.1, 0.15) is 38.9 Å². The number of hydrogen-bond donors (Lipinski definition) is 1. The number of benzene rings is 1. The van der Waals surface area contributed by atoms with Crippen molar-refractivity contribution in [3.63, 3.8) is 0 Å². The number of carbonyl (C=O) groups excluding carboxylic acids is 1. The minimum Gasteiger partial charge on any atom is -0.486 e.